The Balaban J connectivity index is 1.72. The molecule has 0 atom stereocenters. The molecule has 1 amide bonds. The van der Waals surface area contributed by atoms with Crippen LogP contribution in [0.4, 0.5) is 11.4 Å². The fourth-order valence-electron chi connectivity index (χ4n) is 3.03. The van der Waals surface area contributed by atoms with Gasteiger partial charge in [-0.2, -0.15) is 0 Å². The zero-order valence-electron chi connectivity index (χ0n) is 15.4. The molecule has 0 spiro atoms. The highest BCUT2D eigenvalue weighted by Gasteiger charge is 2.21. The molecule has 2 aromatic carbocycles. The van der Waals surface area contributed by atoms with Crippen LogP contribution in [0, 0.1) is 6.92 Å². The number of thiophene rings is 1. The van der Waals surface area contributed by atoms with Gasteiger partial charge in [0.1, 0.15) is 9.71 Å². The molecule has 0 aliphatic rings. The van der Waals surface area contributed by atoms with Gasteiger partial charge in [0, 0.05) is 26.7 Å². The second-order valence-corrected chi connectivity index (χ2v) is 8.39. The number of pyridine rings is 1. The van der Waals surface area contributed by atoms with Gasteiger partial charge in [0.15, 0.2) is 5.78 Å². The SMILES string of the molecule is Cc1nc2sc(C(=O)Nc3cccc(Br)c3)c(N)c2cc1C(=O)c1ccccc1. The van der Waals surface area contributed by atoms with Crippen molar-refractivity contribution in [3.05, 3.63) is 86.8 Å². The smallest absolute Gasteiger partial charge is 0.267 e. The van der Waals surface area contributed by atoms with Crippen molar-refractivity contribution in [2.75, 3.05) is 11.1 Å². The Labute approximate surface area is 179 Å². The molecular weight excluding hydrogens is 450 g/mol. The minimum absolute atomic E-state index is 0.122. The fraction of sp³-hybridized carbons (Fsp3) is 0.0455. The highest BCUT2D eigenvalue weighted by atomic mass is 79.9. The van der Waals surface area contributed by atoms with Gasteiger partial charge in [-0.3, -0.25) is 9.59 Å². The summed E-state index contributed by atoms with van der Waals surface area (Å²) in [6.07, 6.45) is 0. The molecule has 2 aromatic heterocycles. The lowest BCUT2D eigenvalue weighted by Gasteiger charge is -2.06. The number of fused-ring (bicyclic) bond motifs is 1. The van der Waals surface area contributed by atoms with Gasteiger partial charge >= 0.3 is 0 Å². The predicted molar refractivity (Wildman–Crippen MR) is 121 cm³/mol. The van der Waals surface area contributed by atoms with Crippen LogP contribution in [0.2, 0.25) is 0 Å². The molecule has 3 N–H and O–H groups in total. The number of anilines is 2. The van der Waals surface area contributed by atoms with E-state index >= 15 is 0 Å². The number of aromatic nitrogens is 1. The molecule has 4 aromatic rings. The highest BCUT2D eigenvalue weighted by Crippen LogP contribution is 2.34. The number of amides is 1. The lowest BCUT2D eigenvalue weighted by atomic mass is 10.0. The quantitative estimate of drug-likeness (QED) is 0.393. The largest absolute Gasteiger partial charge is 0.397 e. The van der Waals surface area contributed by atoms with Crippen LogP contribution in [0.25, 0.3) is 10.2 Å². The number of hydrogen-bond acceptors (Lipinski definition) is 5. The van der Waals surface area contributed by atoms with Crippen molar-refractivity contribution in [2.45, 2.75) is 6.92 Å². The van der Waals surface area contributed by atoms with E-state index in [2.05, 4.69) is 26.2 Å². The second kappa shape index (κ2) is 7.77. The van der Waals surface area contributed by atoms with E-state index in [4.69, 9.17) is 5.73 Å². The summed E-state index contributed by atoms with van der Waals surface area (Å²) in [4.78, 5) is 31.2. The van der Waals surface area contributed by atoms with Crippen molar-refractivity contribution in [3.8, 4) is 0 Å². The van der Waals surface area contributed by atoms with Gasteiger partial charge in [-0.05, 0) is 31.2 Å². The van der Waals surface area contributed by atoms with E-state index < -0.39 is 0 Å². The van der Waals surface area contributed by atoms with E-state index in [0.29, 0.717) is 43.3 Å². The Kier molecular flexibility index (Phi) is 5.17. The van der Waals surface area contributed by atoms with Crippen molar-refractivity contribution in [1.29, 1.82) is 0 Å². The van der Waals surface area contributed by atoms with Crippen LogP contribution in [0.1, 0.15) is 31.3 Å². The number of benzene rings is 2. The Bertz CT molecular complexity index is 1250. The molecule has 4 rings (SSSR count). The summed E-state index contributed by atoms with van der Waals surface area (Å²) in [6.45, 7) is 1.78. The molecule has 0 saturated heterocycles. The molecule has 0 bridgehead atoms. The van der Waals surface area contributed by atoms with E-state index in [1.54, 1.807) is 37.3 Å². The number of carbonyl (C=O) groups is 2. The Morgan fingerprint density at radius 2 is 1.83 bits per heavy atom. The number of nitrogens with one attached hydrogen (secondary N) is 1. The summed E-state index contributed by atoms with van der Waals surface area (Å²) < 4.78 is 0.862. The van der Waals surface area contributed by atoms with Crippen molar-refractivity contribution >= 4 is 60.5 Å². The summed E-state index contributed by atoms with van der Waals surface area (Å²) in [5, 5.41) is 3.46. The van der Waals surface area contributed by atoms with Gasteiger partial charge in [-0.15, -0.1) is 11.3 Å². The van der Waals surface area contributed by atoms with Gasteiger partial charge in [0.25, 0.3) is 5.91 Å². The van der Waals surface area contributed by atoms with Crippen LogP contribution >= 0.6 is 27.3 Å². The maximum Gasteiger partial charge on any atom is 0.267 e. The van der Waals surface area contributed by atoms with Crippen LogP contribution in [0.5, 0.6) is 0 Å². The van der Waals surface area contributed by atoms with Crippen molar-refractivity contribution in [2.24, 2.45) is 0 Å². The molecule has 144 valence electrons. The average molecular weight is 466 g/mol. The fourth-order valence-corrected chi connectivity index (χ4v) is 4.44. The van der Waals surface area contributed by atoms with E-state index in [9.17, 15) is 9.59 Å². The van der Waals surface area contributed by atoms with Gasteiger partial charge in [0.2, 0.25) is 0 Å². The van der Waals surface area contributed by atoms with Crippen molar-refractivity contribution in [1.82, 2.24) is 4.98 Å². The molecule has 29 heavy (non-hydrogen) atoms. The molecule has 5 nitrogen and oxygen atoms in total. The standard InChI is InChI=1S/C22H16BrN3O2S/c1-12-16(19(27)13-6-3-2-4-7-13)11-17-18(24)20(29-22(17)25-12)21(28)26-15-9-5-8-14(23)10-15/h2-11H,24H2,1H3,(H,26,28). The first kappa shape index (κ1) is 19.3. The summed E-state index contributed by atoms with van der Waals surface area (Å²) in [6, 6.07) is 18.1. The molecule has 0 aliphatic carbocycles. The maximum absolute atomic E-state index is 12.9. The number of nitrogens with zero attached hydrogens (tertiary/aromatic N) is 1. The third-order valence-electron chi connectivity index (χ3n) is 4.48. The predicted octanol–water partition coefficient (Wildman–Crippen LogP) is 5.43. The lowest BCUT2D eigenvalue weighted by Crippen LogP contribution is -2.11. The van der Waals surface area contributed by atoms with Gasteiger partial charge in [-0.1, -0.05) is 52.3 Å². The van der Waals surface area contributed by atoms with Crippen molar-refractivity contribution < 1.29 is 9.59 Å². The van der Waals surface area contributed by atoms with Crippen LogP contribution in [0.15, 0.2) is 65.1 Å². The monoisotopic (exact) mass is 465 g/mol. The molecule has 0 radical (unpaired) electrons. The minimum atomic E-state index is -0.308. The highest BCUT2D eigenvalue weighted by molar-refractivity contribution is 9.10. The minimum Gasteiger partial charge on any atom is -0.397 e. The van der Waals surface area contributed by atoms with Crippen LogP contribution in [-0.2, 0) is 0 Å². The van der Waals surface area contributed by atoms with Gasteiger partial charge in [-0.25, -0.2) is 4.98 Å². The third kappa shape index (κ3) is 3.79. The normalized spacial score (nSPS) is 10.8. The van der Waals surface area contributed by atoms with E-state index in [1.165, 1.54) is 11.3 Å². The molecule has 0 aliphatic heterocycles. The third-order valence-corrected chi connectivity index (χ3v) is 6.09. The zero-order valence-corrected chi connectivity index (χ0v) is 17.8. The number of aryl methyl sites for hydroxylation is 1. The Hall–Kier alpha value is -3.03. The van der Waals surface area contributed by atoms with E-state index in [0.717, 1.165) is 4.47 Å². The molecule has 0 saturated carbocycles. The van der Waals surface area contributed by atoms with E-state index in [-0.39, 0.29) is 11.7 Å². The first-order chi connectivity index (χ1) is 13.9. The Morgan fingerprint density at radius 3 is 2.55 bits per heavy atom. The molecule has 0 unspecified atom stereocenters. The number of halogens is 1. The topological polar surface area (TPSA) is 85.1 Å². The maximum atomic E-state index is 12.9. The number of carbonyl (C=O) groups excluding carboxylic acids is 2. The first-order valence-electron chi connectivity index (χ1n) is 8.80. The number of rotatable bonds is 4. The van der Waals surface area contributed by atoms with E-state index in [1.807, 2.05) is 30.3 Å². The van der Waals surface area contributed by atoms with Crippen LogP contribution in [0.3, 0.4) is 0 Å². The summed E-state index contributed by atoms with van der Waals surface area (Å²) in [5.41, 5.74) is 8.92. The lowest BCUT2D eigenvalue weighted by molar-refractivity contribution is 0.102. The average Bonchev–Trinajstić information content (AvgIpc) is 3.03. The van der Waals surface area contributed by atoms with Crippen LogP contribution < -0.4 is 11.1 Å². The number of hydrogen-bond donors (Lipinski definition) is 2. The molecule has 0 fully saturated rings. The van der Waals surface area contributed by atoms with Crippen LogP contribution in [-0.4, -0.2) is 16.7 Å². The first-order valence-corrected chi connectivity index (χ1v) is 10.4. The summed E-state index contributed by atoms with van der Waals surface area (Å²) in [5.74, 6) is -0.430. The van der Waals surface area contributed by atoms with Gasteiger partial charge in [0.05, 0.1) is 11.4 Å². The summed E-state index contributed by atoms with van der Waals surface area (Å²) >= 11 is 4.60. The van der Waals surface area contributed by atoms with Gasteiger partial charge < -0.3 is 11.1 Å². The number of nitrogens with two attached hydrogens (primary N) is 1. The molecule has 2 heterocycles. The summed E-state index contributed by atoms with van der Waals surface area (Å²) in [7, 11) is 0. The second-order valence-electron chi connectivity index (χ2n) is 6.48. The number of nitrogen functional groups attached to an aromatic ring is 1. The molecular formula is C22H16BrN3O2S. The Morgan fingerprint density at radius 1 is 1.07 bits per heavy atom. The number of ketones is 1. The molecule has 7 heteroatoms. The zero-order chi connectivity index (χ0) is 20.5. The van der Waals surface area contributed by atoms with Crippen molar-refractivity contribution in [3.63, 3.8) is 0 Å².